The number of hydrogen-bond acceptors (Lipinski definition) is 4. The average molecular weight is 254 g/mol. The van der Waals surface area contributed by atoms with Gasteiger partial charge in [0, 0.05) is 24.0 Å². The summed E-state index contributed by atoms with van der Waals surface area (Å²) in [7, 11) is 0. The van der Waals surface area contributed by atoms with Crippen molar-refractivity contribution in [1.82, 2.24) is 10.2 Å². The van der Waals surface area contributed by atoms with E-state index in [0.29, 0.717) is 11.9 Å². The summed E-state index contributed by atoms with van der Waals surface area (Å²) in [4.78, 5) is 2.60. The minimum Gasteiger partial charge on any atom is -0.409 e. The number of nitrogens with one attached hydrogen (secondary N) is 1. The third-order valence-electron chi connectivity index (χ3n) is 4.56. The molecule has 0 aliphatic carbocycles. The summed E-state index contributed by atoms with van der Waals surface area (Å²) < 4.78 is 0. The molecule has 18 heavy (non-hydrogen) atoms. The van der Waals surface area contributed by atoms with Crippen molar-refractivity contribution in [2.24, 2.45) is 16.3 Å². The lowest BCUT2D eigenvalue weighted by molar-refractivity contribution is 0.290. The average Bonchev–Trinajstić information content (AvgIpc) is 2.92. The summed E-state index contributed by atoms with van der Waals surface area (Å²) >= 11 is 0. The second kappa shape index (κ2) is 5.45. The molecule has 5 heteroatoms. The van der Waals surface area contributed by atoms with Crippen molar-refractivity contribution in [2.75, 3.05) is 19.6 Å². The summed E-state index contributed by atoms with van der Waals surface area (Å²) in [6.45, 7) is 7.48. The van der Waals surface area contributed by atoms with Gasteiger partial charge in [-0.1, -0.05) is 19.0 Å². The van der Waals surface area contributed by atoms with Crippen LogP contribution in [-0.4, -0.2) is 47.7 Å². The molecule has 2 saturated heterocycles. The number of amidine groups is 1. The van der Waals surface area contributed by atoms with Crippen molar-refractivity contribution in [3.8, 4) is 0 Å². The van der Waals surface area contributed by atoms with E-state index in [1.165, 1.54) is 32.4 Å². The third kappa shape index (κ3) is 2.78. The molecule has 0 radical (unpaired) electrons. The Labute approximate surface area is 109 Å². The predicted molar refractivity (Wildman–Crippen MR) is 72.8 cm³/mol. The maximum Gasteiger partial charge on any atom is 0.144 e. The number of rotatable bonds is 5. The van der Waals surface area contributed by atoms with Crippen LogP contribution in [0.15, 0.2) is 5.16 Å². The fraction of sp³-hybridized carbons (Fsp3) is 0.923. The molecule has 2 aliphatic heterocycles. The molecular weight excluding hydrogens is 228 g/mol. The lowest BCUT2D eigenvalue weighted by Crippen LogP contribution is -2.42. The molecule has 0 aromatic rings. The van der Waals surface area contributed by atoms with Gasteiger partial charge in [-0.25, -0.2) is 0 Å². The molecule has 0 aromatic heterocycles. The molecule has 2 fully saturated rings. The van der Waals surface area contributed by atoms with E-state index in [1.54, 1.807) is 0 Å². The lowest BCUT2D eigenvalue weighted by atomic mass is 9.88. The van der Waals surface area contributed by atoms with Crippen LogP contribution in [0.4, 0.5) is 0 Å². The standard InChI is InChI=1S/C13H26N4O/c1-13(2,12(14)16-18)6-7-15-10-5-9-17-8-3-4-11(10)17/h10-11,15,18H,3-9H2,1-2H3,(H2,14,16). The van der Waals surface area contributed by atoms with Crippen molar-refractivity contribution >= 4 is 5.84 Å². The first kappa shape index (κ1) is 13.6. The molecule has 2 aliphatic rings. The second-order valence-corrected chi connectivity index (χ2v) is 6.21. The van der Waals surface area contributed by atoms with Crippen molar-refractivity contribution in [3.05, 3.63) is 0 Å². The summed E-state index contributed by atoms with van der Waals surface area (Å²) in [5.74, 6) is 0.318. The van der Waals surface area contributed by atoms with Gasteiger partial charge in [-0.2, -0.15) is 0 Å². The molecule has 104 valence electrons. The summed E-state index contributed by atoms with van der Waals surface area (Å²) in [5, 5.41) is 15.5. The van der Waals surface area contributed by atoms with Gasteiger partial charge in [-0.3, -0.25) is 4.90 Å². The quantitative estimate of drug-likeness (QED) is 0.296. The van der Waals surface area contributed by atoms with Crippen LogP contribution >= 0.6 is 0 Å². The van der Waals surface area contributed by atoms with Gasteiger partial charge in [0.15, 0.2) is 0 Å². The van der Waals surface area contributed by atoms with E-state index in [0.717, 1.165) is 19.0 Å². The van der Waals surface area contributed by atoms with Crippen molar-refractivity contribution in [1.29, 1.82) is 0 Å². The molecule has 5 nitrogen and oxygen atoms in total. The molecule has 0 aromatic carbocycles. The van der Waals surface area contributed by atoms with Crippen LogP contribution in [0.25, 0.3) is 0 Å². The molecule has 0 bridgehead atoms. The molecule has 0 saturated carbocycles. The van der Waals surface area contributed by atoms with Crippen LogP contribution in [0.2, 0.25) is 0 Å². The Hall–Kier alpha value is -0.810. The zero-order valence-corrected chi connectivity index (χ0v) is 11.5. The topological polar surface area (TPSA) is 73.9 Å². The van der Waals surface area contributed by atoms with Crippen molar-refractivity contribution in [2.45, 2.75) is 51.6 Å². The Balaban J connectivity index is 1.76. The van der Waals surface area contributed by atoms with Crippen molar-refractivity contribution in [3.63, 3.8) is 0 Å². The normalized spacial score (nSPS) is 29.8. The van der Waals surface area contributed by atoms with Crippen molar-refractivity contribution < 1.29 is 5.21 Å². The molecule has 2 atom stereocenters. The fourth-order valence-electron chi connectivity index (χ4n) is 3.15. The molecule has 2 heterocycles. The van der Waals surface area contributed by atoms with Gasteiger partial charge < -0.3 is 16.3 Å². The Morgan fingerprint density at radius 1 is 1.44 bits per heavy atom. The molecule has 0 spiro atoms. The van der Waals surface area contributed by atoms with E-state index in [9.17, 15) is 0 Å². The van der Waals surface area contributed by atoms with Crippen LogP contribution < -0.4 is 11.1 Å². The number of hydrogen-bond donors (Lipinski definition) is 3. The largest absolute Gasteiger partial charge is 0.409 e. The zero-order valence-electron chi connectivity index (χ0n) is 11.5. The van der Waals surface area contributed by atoms with E-state index in [2.05, 4.69) is 15.4 Å². The Kier molecular flexibility index (Phi) is 4.12. The Morgan fingerprint density at radius 3 is 2.94 bits per heavy atom. The highest BCUT2D eigenvalue weighted by Crippen LogP contribution is 2.28. The number of oxime groups is 1. The van der Waals surface area contributed by atoms with E-state index < -0.39 is 0 Å². The lowest BCUT2D eigenvalue weighted by Gasteiger charge is -2.26. The van der Waals surface area contributed by atoms with E-state index in [-0.39, 0.29) is 5.41 Å². The third-order valence-corrected chi connectivity index (χ3v) is 4.56. The van der Waals surface area contributed by atoms with Gasteiger partial charge in [-0.05, 0) is 38.8 Å². The maximum absolute atomic E-state index is 8.74. The SMILES string of the molecule is CC(C)(CCNC1CCN2CCCC12)C(N)=NO. The van der Waals surface area contributed by atoms with Crippen LogP contribution in [0.1, 0.15) is 39.5 Å². The Bertz CT molecular complexity index is 316. The van der Waals surface area contributed by atoms with E-state index in [4.69, 9.17) is 10.9 Å². The fourth-order valence-corrected chi connectivity index (χ4v) is 3.15. The van der Waals surface area contributed by atoms with Gasteiger partial charge >= 0.3 is 0 Å². The zero-order chi connectivity index (χ0) is 13.2. The van der Waals surface area contributed by atoms with Crippen LogP contribution in [-0.2, 0) is 0 Å². The maximum atomic E-state index is 8.74. The van der Waals surface area contributed by atoms with Gasteiger partial charge in [0.05, 0.1) is 0 Å². The minimum absolute atomic E-state index is 0.240. The highest BCUT2D eigenvalue weighted by molar-refractivity contribution is 5.85. The van der Waals surface area contributed by atoms with Gasteiger partial charge in [0.2, 0.25) is 0 Å². The predicted octanol–water partition coefficient (Wildman–Crippen LogP) is 0.975. The summed E-state index contributed by atoms with van der Waals surface area (Å²) in [6, 6.07) is 1.38. The molecule has 4 N–H and O–H groups in total. The van der Waals surface area contributed by atoms with Gasteiger partial charge in [0.1, 0.15) is 5.84 Å². The first-order valence-electron chi connectivity index (χ1n) is 7.00. The molecular formula is C13H26N4O. The summed E-state index contributed by atoms with van der Waals surface area (Å²) in [5.41, 5.74) is 5.45. The van der Waals surface area contributed by atoms with Gasteiger partial charge in [0.25, 0.3) is 0 Å². The van der Waals surface area contributed by atoms with Gasteiger partial charge in [-0.15, -0.1) is 0 Å². The highest BCUT2D eigenvalue weighted by Gasteiger charge is 2.36. The van der Waals surface area contributed by atoms with Crippen LogP contribution in [0.5, 0.6) is 0 Å². The summed E-state index contributed by atoms with van der Waals surface area (Å²) in [6.07, 6.45) is 4.83. The monoisotopic (exact) mass is 254 g/mol. The first-order valence-corrected chi connectivity index (χ1v) is 7.00. The smallest absolute Gasteiger partial charge is 0.144 e. The molecule has 2 unspecified atom stereocenters. The molecule has 2 rings (SSSR count). The number of fused-ring (bicyclic) bond motifs is 1. The van der Waals surface area contributed by atoms with E-state index in [1.807, 2.05) is 13.8 Å². The van der Waals surface area contributed by atoms with Crippen LogP contribution in [0, 0.1) is 5.41 Å². The minimum atomic E-state index is -0.240. The Morgan fingerprint density at radius 2 is 2.22 bits per heavy atom. The van der Waals surface area contributed by atoms with E-state index >= 15 is 0 Å². The number of nitrogens with two attached hydrogens (primary N) is 1. The first-order chi connectivity index (χ1) is 8.54. The second-order valence-electron chi connectivity index (χ2n) is 6.21. The number of nitrogens with zero attached hydrogens (tertiary/aromatic N) is 2. The molecule has 0 amide bonds. The highest BCUT2D eigenvalue weighted by atomic mass is 16.4. The van der Waals surface area contributed by atoms with Crippen LogP contribution in [0.3, 0.4) is 0 Å².